The third-order valence-electron chi connectivity index (χ3n) is 6.54. The molecule has 0 N–H and O–H groups in total. The molecule has 3 aromatic heterocycles. The van der Waals surface area contributed by atoms with E-state index in [0.717, 1.165) is 49.3 Å². The fraction of sp³-hybridized carbons (Fsp3) is 0.500. The van der Waals surface area contributed by atoms with Gasteiger partial charge in [0.25, 0.3) is 0 Å². The van der Waals surface area contributed by atoms with Gasteiger partial charge in [-0.05, 0) is 24.5 Å². The van der Waals surface area contributed by atoms with E-state index in [0.29, 0.717) is 17.3 Å². The van der Waals surface area contributed by atoms with E-state index in [1.165, 1.54) is 31.2 Å². The molecule has 2 aliphatic rings. The Morgan fingerprint density at radius 3 is 2.88 bits per heavy atom. The summed E-state index contributed by atoms with van der Waals surface area (Å²) in [4.78, 5) is 14.2. The number of hydrogen-bond donors (Lipinski definition) is 0. The molecule has 0 radical (unpaired) electrons. The van der Waals surface area contributed by atoms with Gasteiger partial charge in [-0.3, -0.25) is 0 Å². The first kappa shape index (κ1) is 20.6. The van der Waals surface area contributed by atoms with Crippen LogP contribution in [0.4, 0.5) is 5.82 Å². The molecule has 0 amide bonds. The van der Waals surface area contributed by atoms with Crippen molar-refractivity contribution in [2.45, 2.75) is 70.8 Å². The maximum atomic E-state index is 9.49. The van der Waals surface area contributed by atoms with Gasteiger partial charge in [0.05, 0.1) is 17.3 Å². The van der Waals surface area contributed by atoms with Gasteiger partial charge < -0.3 is 0 Å². The Hall–Kier alpha value is -3.34. The van der Waals surface area contributed by atoms with E-state index in [1.54, 1.807) is 24.7 Å². The number of nitriles is 1. The predicted molar refractivity (Wildman–Crippen MR) is 122 cm³/mol. The smallest absolute Gasteiger partial charge is 0.167 e. The Morgan fingerprint density at radius 2 is 2.06 bits per heavy atom. The maximum absolute atomic E-state index is 9.49. The third kappa shape index (κ3) is 3.95. The second-order valence-electron chi connectivity index (χ2n) is 8.79. The Morgan fingerprint density at radius 1 is 1.19 bits per heavy atom. The van der Waals surface area contributed by atoms with Crippen LogP contribution in [0.5, 0.6) is 0 Å². The molecular formula is C24H28N8. The van der Waals surface area contributed by atoms with E-state index < -0.39 is 0 Å². The van der Waals surface area contributed by atoms with E-state index in [4.69, 9.17) is 15.1 Å². The van der Waals surface area contributed by atoms with Crippen LogP contribution in [0.2, 0.25) is 0 Å². The summed E-state index contributed by atoms with van der Waals surface area (Å²) in [5.41, 5.74) is 3.68. The average molecular weight is 429 g/mol. The number of rotatable bonds is 7. The lowest BCUT2D eigenvalue weighted by Gasteiger charge is -2.24. The molecule has 3 aromatic rings. The molecule has 1 unspecified atom stereocenters. The molecule has 0 bridgehead atoms. The Kier molecular flexibility index (Phi) is 5.80. The molecule has 1 aliphatic heterocycles. The van der Waals surface area contributed by atoms with E-state index in [9.17, 15) is 5.26 Å². The first-order chi connectivity index (χ1) is 15.8. The Balaban J connectivity index is 1.44. The van der Waals surface area contributed by atoms with Crippen molar-refractivity contribution in [3.8, 4) is 6.07 Å². The van der Waals surface area contributed by atoms with E-state index in [-0.39, 0.29) is 6.04 Å². The molecule has 5 rings (SSSR count). The van der Waals surface area contributed by atoms with Gasteiger partial charge in [-0.15, -0.1) is 5.10 Å². The number of hydrogen-bond acceptors (Lipinski definition) is 7. The van der Waals surface area contributed by atoms with Crippen LogP contribution in [0, 0.1) is 17.2 Å². The van der Waals surface area contributed by atoms with Crippen LogP contribution in [0.25, 0.3) is 5.65 Å². The lowest BCUT2D eigenvalue weighted by molar-refractivity contribution is 0.530. The van der Waals surface area contributed by atoms with Crippen molar-refractivity contribution in [2.24, 2.45) is 11.0 Å². The fourth-order valence-corrected chi connectivity index (χ4v) is 4.96. The predicted octanol–water partition coefficient (Wildman–Crippen LogP) is 3.88. The van der Waals surface area contributed by atoms with E-state index >= 15 is 0 Å². The summed E-state index contributed by atoms with van der Waals surface area (Å²) in [6.45, 7) is 2.18. The summed E-state index contributed by atoms with van der Waals surface area (Å²) < 4.78 is 1.86. The molecule has 0 aromatic carbocycles. The van der Waals surface area contributed by atoms with Gasteiger partial charge >= 0.3 is 0 Å². The molecule has 8 heteroatoms. The van der Waals surface area contributed by atoms with Crippen molar-refractivity contribution < 1.29 is 0 Å². The number of fused-ring (bicyclic) bond motifs is 1. The first-order valence-electron chi connectivity index (χ1n) is 11.7. The topological polar surface area (TPSA) is 95.4 Å². The molecule has 1 saturated carbocycles. The molecule has 8 nitrogen and oxygen atoms in total. The van der Waals surface area contributed by atoms with Gasteiger partial charge in [-0.1, -0.05) is 39.0 Å². The third-order valence-corrected chi connectivity index (χ3v) is 6.54. The monoisotopic (exact) mass is 428 g/mol. The van der Waals surface area contributed by atoms with Crippen LogP contribution in [0.15, 0.2) is 29.8 Å². The largest absolute Gasteiger partial charge is 0.243 e. The molecule has 1 fully saturated rings. The standard InChI is InChI=1S/C24H28N8/c1-2-6-20-21(14-19-10-12-28-32(19)23-18(15-25)9-5-11-26-23)27-16-31-24(20)29-22(30-31)13-17-7-3-4-8-17/h5,9,11-12,16-17,19H,2-4,6-8,10,13-14H2,1H3. The molecule has 164 valence electrons. The number of pyridine rings is 1. The van der Waals surface area contributed by atoms with Crippen LogP contribution in [-0.4, -0.2) is 36.8 Å². The van der Waals surface area contributed by atoms with Gasteiger partial charge in [0.2, 0.25) is 0 Å². The van der Waals surface area contributed by atoms with Crippen molar-refractivity contribution in [1.29, 1.82) is 5.26 Å². The zero-order valence-electron chi connectivity index (χ0n) is 18.5. The second kappa shape index (κ2) is 9.03. The average Bonchev–Trinajstić information content (AvgIpc) is 3.57. The minimum absolute atomic E-state index is 0.0726. The zero-order valence-corrected chi connectivity index (χ0v) is 18.5. The lowest BCUT2D eigenvalue weighted by atomic mass is 10.0. The normalized spacial score (nSPS) is 18.6. The summed E-state index contributed by atoms with van der Waals surface area (Å²) in [5, 5.41) is 20.6. The van der Waals surface area contributed by atoms with Gasteiger partial charge in [0.1, 0.15) is 12.4 Å². The molecule has 32 heavy (non-hydrogen) atoms. The number of anilines is 1. The van der Waals surface area contributed by atoms with Crippen molar-refractivity contribution in [2.75, 3.05) is 5.01 Å². The highest BCUT2D eigenvalue weighted by molar-refractivity contribution is 5.68. The summed E-state index contributed by atoms with van der Waals surface area (Å²) >= 11 is 0. The zero-order chi connectivity index (χ0) is 21.9. The number of aryl methyl sites for hydroxylation is 1. The van der Waals surface area contributed by atoms with Crippen LogP contribution in [0.3, 0.4) is 0 Å². The number of aromatic nitrogens is 5. The molecule has 0 spiro atoms. The highest BCUT2D eigenvalue weighted by Crippen LogP contribution is 2.29. The first-order valence-corrected chi connectivity index (χ1v) is 11.7. The fourth-order valence-electron chi connectivity index (χ4n) is 4.96. The van der Waals surface area contributed by atoms with E-state index in [2.05, 4.69) is 23.1 Å². The molecule has 1 aliphatic carbocycles. The molecule has 1 atom stereocenters. The lowest BCUT2D eigenvalue weighted by Crippen LogP contribution is -2.30. The van der Waals surface area contributed by atoms with Crippen LogP contribution < -0.4 is 5.01 Å². The molecule has 0 saturated heterocycles. The second-order valence-corrected chi connectivity index (χ2v) is 8.79. The van der Waals surface area contributed by atoms with Gasteiger partial charge in [-0.25, -0.2) is 24.5 Å². The van der Waals surface area contributed by atoms with Crippen molar-refractivity contribution in [3.63, 3.8) is 0 Å². The van der Waals surface area contributed by atoms with Crippen LogP contribution in [-0.2, 0) is 19.3 Å². The van der Waals surface area contributed by atoms with Gasteiger partial charge in [0, 0.05) is 37.2 Å². The Bertz CT molecular complexity index is 1170. The van der Waals surface area contributed by atoms with Gasteiger partial charge in [0.15, 0.2) is 17.3 Å². The number of nitrogens with zero attached hydrogens (tertiary/aromatic N) is 8. The minimum Gasteiger partial charge on any atom is -0.243 e. The van der Waals surface area contributed by atoms with Crippen molar-refractivity contribution >= 4 is 17.7 Å². The summed E-state index contributed by atoms with van der Waals surface area (Å²) in [6, 6.07) is 5.86. The van der Waals surface area contributed by atoms with Gasteiger partial charge in [-0.2, -0.15) is 10.4 Å². The maximum Gasteiger partial charge on any atom is 0.167 e. The van der Waals surface area contributed by atoms with Crippen LogP contribution in [0.1, 0.15) is 68.1 Å². The number of hydrazone groups is 1. The van der Waals surface area contributed by atoms with Crippen LogP contribution >= 0.6 is 0 Å². The SMILES string of the molecule is CCCc1c(CC2CC=NN2c2ncccc2C#N)ncn2nc(CC3CCCC3)nc12. The van der Waals surface area contributed by atoms with E-state index in [1.807, 2.05) is 15.7 Å². The molecule has 4 heterocycles. The minimum atomic E-state index is 0.0726. The summed E-state index contributed by atoms with van der Waals surface area (Å²) in [5.74, 6) is 2.26. The Labute approximate surface area is 188 Å². The summed E-state index contributed by atoms with van der Waals surface area (Å²) in [7, 11) is 0. The highest BCUT2D eigenvalue weighted by atomic mass is 15.5. The summed E-state index contributed by atoms with van der Waals surface area (Å²) in [6.07, 6.45) is 15.0. The highest BCUT2D eigenvalue weighted by Gasteiger charge is 2.28. The quantitative estimate of drug-likeness (QED) is 0.567. The van der Waals surface area contributed by atoms with Crippen molar-refractivity contribution in [1.82, 2.24) is 24.6 Å². The van der Waals surface area contributed by atoms with Crippen molar-refractivity contribution in [3.05, 3.63) is 47.3 Å². The molecular weight excluding hydrogens is 400 g/mol.